The van der Waals surface area contributed by atoms with Gasteiger partial charge in [-0.25, -0.2) is 4.98 Å². The van der Waals surface area contributed by atoms with Gasteiger partial charge in [-0.1, -0.05) is 182 Å². The maximum atomic E-state index is 5.17. The van der Waals surface area contributed by atoms with E-state index in [4.69, 9.17) is 4.98 Å². The topological polar surface area (TPSA) is 22.8 Å². The number of para-hydroxylation sites is 4. The van der Waals surface area contributed by atoms with Crippen molar-refractivity contribution in [2.24, 2.45) is 0 Å². The van der Waals surface area contributed by atoms with Gasteiger partial charge in [0.1, 0.15) is 0 Å². The smallest absolute Gasteiger partial charge is 0.0722 e. The van der Waals surface area contributed by atoms with Gasteiger partial charge in [0, 0.05) is 43.9 Å². The molecule has 0 radical (unpaired) electrons. The van der Waals surface area contributed by atoms with E-state index in [2.05, 4.69) is 246 Å². The van der Waals surface area contributed by atoms with Crippen LogP contribution in [0.25, 0.3) is 121 Å². The Hall–Kier alpha value is -8.53. The predicted molar refractivity (Wildman–Crippen MR) is 270 cm³/mol. The molecule has 64 heavy (non-hydrogen) atoms. The highest BCUT2D eigenvalue weighted by molar-refractivity contribution is 6.14. The molecule has 0 amide bonds. The standard InChI is InChI=1S/C61H39N3/c1-2-15-45(16-3-1)56-39-54(61-49-17-5-4-14-43(49)34-35-55(61)62-56)44-32-30-41(31-33-44)40-26-28-42(29-27-40)46-36-47(63-57-22-10-6-18-50(57)51-19-7-11-23-58(51)63)38-48(37-46)64-59-24-12-8-20-52(59)53-21-9-13-25-60(53)64/h1-39H. The molecule has 0 aliphatic heterocycles. The first kappa shape index (κ1) is 36.2. The molecule has 13 aromatic rings. The number of rotatable bonds is 6. The molecule has 0 saturated heterocycles. The van der Waals surface area contributed by atoms with E-state index in [1.165, 1.54) is 82.0 Å². The lowest BCUT2D eigenvalue weighted by Crippen LogP contribution is -2.00. The zero-order chi connectivity index (χ0) is 42.1. The Morgan fingerprint density at radius 1 is 0.281 bits per heavy atom. The van der Waals surface area contributed by atoms with E-state index >= 15 is 0 Å². The number of pyridine rings is 1. The van der Waals surface area contributed by atoms with Gasteiger partial charge in [-0.3, -0.25) is 0 Å². The molecule has 0 unspecified atom stereocenters. The Labute approximate surface area is 370 Å². The normalized spacial score (nSPS) is 11.8. The molecular formula is C61H39N3. The first-order valence-electron chi connectivity index (χ1n) is 21.9. The van der Waals surface area contributed by atoms with Crippen molar-refractivity contribution < 1.29 is 0 Å². The van der Waals surface area contributed by atoms with Crippen molar-refractivity contribution in [3.05, 3.63) is 237 Å². The molecule has 10 aromatic carbocycles. The van der Waals surface area contributed by atoms with Crippen molar-refractivity contribution in [3.63, 3.8) is 0 Å². The summed E-state index contributed by atoms with van der Waals surface area (Å²) in [6.45, 7) is 0. The van der Waals surface area contributed by atoms with E-state index in [1.54, 1.807) is 0 Å². The summed E-state index contributed by atoms with van der Waals surface area (Å²) < 4.78 is 4.86. The van der Waals surface area contributed by atoms with Crippen molar-refractivity contribution in [1.29, 1.82) is 0 Å². The van der Waals surface area contributed by atoms with Crippen LogP contribution >= 0.6 is 0 Å². The molecule has 298 valence electrons. The number of benzene rings is 10. The zero-order valence-corrected chi connectivity index (χ0v) is 34.9. The molecule has 0 saturated carbocycles. The summed E-state index contributed by atoms with van der Waals surface area (Å²) in [5, 5.41) is 8.60. The van der Waals surface area contributed by atoms with Gasteiger partial charge < -0.3 is 9.13 Å². The Kier molecular flexibility index (Phi) is 8.22. The monoisotopic (exact) mass is 813 g/mol. The van der Waals surface area contributed by atoms with Crippen LogP contribution in [0.4, 0.5) is 0 Å². The summed E-state index contributed by atoms with van der Waals surface area (Å²) in [7, 11) is 0. The lowest BCUT2D eigenvalue weighted by molar-refractivity contribution is 1.13. The second-order valence-electron chi connectivity index (χ2n) is 16.7. The summed E-state index contributed by atoms with van der Waals surface area (Å²) in [5.74, 6) is 0. The van der Waals surface area contributed by atoms with Crippen molar-refractivity contribution in [2.75, 3.05) is 0 Å². The van der Waals surface area contributed by atoms with Gasteiger partial charge in [0.15, 0.2) is 0 Å². The molecule has 3 heteroatoms. The van der Waals surface area contributed by atoms with Crippen LogP contribution in [0.3, 0.4) is 0 Å². The van der Waals surface area contributed by atoms with Crippen molar-refractivity contribution in [2.45, 2.75) is 0 Å². The Bertz CT molecular complexity index is 3690. The minimum absolute atomic E-state index is 0.974. The van der Waals surface area contributed by atoms with Crippen LogP contribution in [0.2, 0.25) is 0 Å². The quantitative estimate of drug-likeness (QED) is 0.153. The second kappa shape index (κ2) is 14.5. The van der Waals surface area contributed by atoms with E-state index in [1.807, 2.05) is 0 Å². The second-order valence-corrected chi connectivity index (χ2v) is 16.7. The maximum Gasteiger partial charge on any atom is 0.0722 e. The number of hydrogen-bond donors (Lipinski definition) is 0. The average molecular weight is 814 g/mol. The van der Waals surface area contributed by atoms with Gasteiger partial charge in [-0.05, 0) is 98.8 Å². The molecule has 0 N–H and O–H groups in total. The van der Waals surface area contributed by atoms with E-state index in [9.17, 15) is 0 Å². The van der Waals surface area contributed by atoms with Crippen LogP contribution in [-0.4, -0.2) is 14.1 Å². The molecule has 3 aromatic heterocycles. The van der Waals surface area contributed by atoms with Crippen LogP contribution in [0.5, 0.6) is 0 Å². The molecule has 0 fully saturated rings. The van der Waals surface area contributed by atoms with Crippen LogP contribution < -0.4 is 0 Å². The summed E-state index contributed by atoms with van der Waals surface area (Å²) in [6, 6.07) is 85.9. The van der Waals surface area contributed by atoms with Gasteiger partial charge >= 0.3 is 0 Å². The Balaban J connectivity index is 0.937. The Morgan fingerprint density at radius 2 is 0.703 bits per heavy atom. The third kappa shape index (κ3) is 5.79. The molecule has 0 atom stereocenters. The third-order valence-electron chi connectivity index (χ3n) is 13.1. The summed E-state index contributed by atoms with van der Waals surface area (Å²) in [4.78, 5) is 5.17. The molecule has 13 rings (SSSR count). The molecule has 3 heterocycles. The number of nitrogens with zero attached hydrogens (tertiary/aromatic N) is 3. The van der Waals surface area contributed by atoms with E-state index in [0.717, 1.165) is 39.3 Å². The van der Waals surface area contributed by atoms with Crippen LogP contribution in [0.1, 0.15) is 0 Å². The molecule has 0 aliphatic carbocycles. The predicted octanol–water partition coefficient (Wildman–Crippen LogP) is 16.3. The van der Waals surface area contributed by atoms with Crippen molar-refractivity contribution in [1.82, 2.24) is 14.1 Å². The van der Waals surface area contributed by atoms with Gasteiger partial charge in [0.25, 0.3) is 0 Å². The third-order valence-corrected chi connectivity index (χ3v) is 13.1. The summed E-state index contributed by atoms with van der Waals surface area (Å²) in [6.07, 6.45) is 0. The summed E-state index contributed by atoms with van der Waals surface area (Å²) >= 11 is 0. The summed E-state index contributed by atoms with van der Waals surface area (Å²) in [5.41, 5.74) is 17.1. The minimum Gasteiger partial charge on any atom is -0.309 e. The van der Waals surface area contributed by atoms with Crippen LogP contribution in [0.15, 0.2) is 237 Å². The van der Waals surface area contributed by atoms with Crippen molar-refractivity contribution >= 4 is 65.3 Å². The molecule has 0 bridgehead atoms. The zero-order valence-electron chi connectivity index (χ0n) is 34.9. The maximum absolute atomic E-state index is 5.17. The highest BCUT2D eigenvalue weighted by Crippen LogP contribution is 2.40. The SMILES string of the molecule is c1ccc(-c2cc(-c3ccc(-c4ccc(-c5cc(-n6c7ccccc7c7ccccc76)cc(-n6c7ccccc7c7ccccc76)c5)cc4)cc3)c3c(ccc4ccccc43)n2)cc1. The average Bonchev–Trinajstić information content (AvgIpc) is 3.89. The fourth-order valence-corrected chi connectivity index (χ4v) is 10.1. The number of fused-ring (bicyclic) bond motifs is 9. The lowest BCUT2D eigenvalue weighted by Gasteiger charge is -2.16. The van der Waals surface area contributed by atoms with Gasteiger partial charge in [-0.2, -0.15) is 0 Å². The first-order valence-corrected chi connectivity index (χ1v) is 21.9. The molecular weight excluding hydrogens is 775 g/mol. The number of aromatic nitrogens is 3. The van der Waals surface area contributed by atoms with Gasteiger partial charge in [0.05, 0.1) is 33.3 Å². The fourth-order valence-electron chi connectivity index (χ4n) is 10.1. The highest BCUT2D eigenvalue weighted by atomic mass is 15.0. The van der Waals surface area contributed by atoms with E-state index < -0.39 is 0 Å². The largest absolute Gasteiger partial charge is 0.309 e. The molecule has 3 nitrogen and oxygen atoms in total. The van der Waals surface area contributed by atoms with Crippen LogP contribution in [-0.2, 0) is 0 Å². The van der Waals surface area contributed by atoms with Gasteiger partial charge in [-0.15, -0.1) is 0 Å². The Morgan fingerprint density at radius 3 is 1.22 bits per heavy atom. The van der Waals surface area contributed by atoms with Crippen molar-refractivity contribution in [3.8, 4) is 56.0 Å². The number of hydrogen-bond acceptors (Lipinski definition) is 1. The fraction of sp³-hybridized carbons (Fsp3) is 0. The minimum atomic E-state index is 0.974. The van der Waals surface area contributed by atoms with E-state index in [-0.39, 0.29) is 0 Å². The highest BCUT2D eigenvalue weighted by Gasteiger charge is 2.18. The first-order chi connectivity index (χ1) is 31.7. The van der Waals surface area contributed by atoms with Crippen LogP contribution in [0, 0.1) is 0 Å². The van der Waals surface area contributed by atoms with Gasteiger partial charge in [0.2, 0.25) is 0 Å². The lowest BCUT2D eigenvalue weighted by atomic mass is 9.93. The molecule has 0 aliphatic rings. The molecule has 0 spiro atoms. The van der Waals surface area contributed by atoms with E-state index in [0.29, 0.717) is 0 Å².